The van der Waals surface area contributed by atoms with E-state index in [9.17, 15) is 0 Å². The fourth-order valence-corrected chi connectivity index (χ4v) is 2.28. The highest BCUT2D eigenvalue weighted by molar-refractivity contribution is 6.28. The first-order valence-electron chi connectivity index (χ1n) is 7.01. The zero-order valence-corrected chi connectivity index (χ0v) is 13.1. The monoisotopic (exact) mass is 317 g/mol. The van der Waals surface area contributed by atoms with Gasteiger partial charge in [-0.3, -0.25) is 4.68 Å². The van der Waals surface area contributed by atoms with Crippen LogP contribution in [-0.4, -0.2) is 26.4 Å². The summed E-state index contributed by atoms with van der Waals surface area (Å²) in [7, 11) is 1.85. The molecule has 0 atom stereocenters. The molecule has 7 heteroatoms. The maximum Gasteiger partial charge on any atom is 0.224 e. The first kappa shape index (κ1) is 14.6. The van der Waals surface area contributed by atoms with Crippen molar-refractivity contribution in [2.75, 3.05) is 11.9 Å². The van der Waals surface area contributed by atoms with Crippen LogP contribution in [0.4, 0.5) is 11.5 Å². The van der Waals surface area contributed by atoms with Crippen molar-refractivity contribution in [2.24, 2.45) is 7.05 Å². The third-order valence-corrected chi connectivity index (χ3v) is 3.25. The maximum atomic E-state index is 6.00. The van der Waals surface area contributed by atoms with Gasteiger partial charge in [-0.2, -0.15) is 10.1 Å². The summed E-state index contributed by atoms with van der Waals surface area (Å²) in [4.78, 5) is 8.52. The van der Waals surface area contributed by atoms with Crippen molar-refractivity contribution in [3.8, 4) is 5.75 Å². The van der Waals surface area contributed by atoms with E-state index in [2.05, 4.69) is 27.3 Å². The number of rotatable bonds is 5. The molecule has 1 N–H and O–H groups in total. The van der Waals surface area contributed by atoms with Gasteiger partial charge in [0.15, 0.2) is 0 Å². The van der Waals surface area contributed by atoms with Crippen LogP contribution in [0, 0.1) is 0 Å². The summed E-state index contributed by atoms with van der Waals surface area (Å²) in [5.74, 6) is 1.42. The number of halogens is 1. The van der Waals surface area contributed by atoms with E-state index in [0.29, 0.717) is 12.4 Å². The highest BCUT2D eigenvalue weighted by atomic mass is 35.5. The molecule has 114 valence electrons. The fourth-order valence-electron chi connectivity index (χ4n) is 2.11. The Kier molecular flexibility index (Phi) is 4.11. The van der Waals surface area contributed by atoms with Crippen LogP contribution in [-0.2, 0) is 7.05 Å². The molecule has 0 radical (unpaired) electrons. The Balaban J connectivity index is 2.02. The largest absolute Gasteiger partial charge is 0.494 e. The van der Waals surface area contributed by atoms with Crippen LogP contribution >= 0.6 is 11.6 Å². The molecule has 0 aliphatic rings. The molecule has 0 fully saturated rings. The predicted molar refractivity (Wildman–Crippen MR) is 86.8 cm³/mol. The summed E-state index contributed by atoms with van der Waals surface area (Å²) in [6, 6.07) is 5.68. The zero-order chi connectivity index (χ0) is 15.5. The lowest BCUT2D eigenvalue weighted by atomic mass is 10.2. The molecular formula is C15H16ClN5O. The number of fused-ring (bicyclic) bond motifs is 1. The van der Waals surface area contributed by atoms with E-state index in [-0.39, 0.29) is 5.28 Å². The standard InChI is InChI=1S/C15H16ClN5O/c1-3-6-22-11-4-5-13-12(7-11)14(20-15(16)19-13)18-10-8-17-21(2)9-10/h4-5,7-9H,3,6H2,1-2H3,(H,18,19,20). The topological polar surface area (TPSA) is 64.9 Å². The smallest absolute Gasteiger partial charge is 0.224 e. The summed E-state index contributed by atoms with van der Waals surface area (Å²) in [6.07, 6.45) is 4.54. The lowest BCUT2D eigenvalue weighted by molar-refractivity contribution is 0.318. The number of aryl methyl sites for hydroxylation is 1. The second-order valence-corrected chi connectivity index (χ2v) is 5.23. The Morgan fingerprint density at radius 2 is 2.18 bits per heavy atom. The average Bonchev–Trinajstić information content (AvgIpc) is 2.90. The molecular weight excluding hydrogens is 302 g/mol. The Hall–Kier alpha value is -2.34. The first-order chi connectivity index (χ1) is 10.7. The Morgan fingerprint density at radius 1 is 1.32 bits per heavy atom. The molecule has 0 aliphatic heterocycles. The van der Waals surface area contributed by atoms with Gasteiger partial charge in [-0.1, -0.05) is 6.92 Å². The zero-order valence-electron chi connectivity index (χ0n) is 12.4. The number of anilines is 2. The van der Waals surface area contributed by atoms with Crippen LogP contribution < -0.4 is 10.1 Å². The Labute approximate surface area is 133 Å². The summed E-state index contributed by atoms with van der Waals surface area (Å²) in [6.45, 7) is 2.74. The first-order valence-corrected chi connectivity index (χ1v) is 7.39. The number of hydrogen-bond acceptors (Lipinski definition) is 5. The number of ether oxygens (including phenoxy) is 1. The molecule has 0 bridgehead atoms. The van der Waals surface area contributed by atoms with Gasteiger partial charge in [0, 0.05) is 18.6 Å². The van der Waals surface area contributed by atoms with Crippen LogP contribution in [0.1, 0.15) is 13.3 Å². The molecule has 1 aromatic carbocycles. The quantitative estimate of drug-likeness (QED) is 0.729. The number of hydrogen-bond donors (Lipinski definition) is 1. The molecule has 6 nitrogen and oxygen atoms in total. The molecule has 3 aromatic rings. The van der Waals surface area contributed by atoms with E-state index in [0.717, 1.165) is 28.8 Å². The number of nitrogens with one attached hydrogen (secondary N) is 1. The van der Waals surface area contributed by atoms with Gasteiger partial charge in [-0.15, -0.1) is 0 Å². The summed E-state index contributed by atoms with van der Waals surface area (Å²) in [5, 5.41) is 8.39. The third-order valence-electron chi connectivity index (χ3n) is 3.08. The maximum absolute atomic E-state index is 6.00. The van der Waals surface area contributed by atoms with E-state index in [1.54, 1.807) is 10.9 Å². The van der Waals surface area contributed by atoms with Crippen LogP contribution in [0.2, 0.25) is 5.28 Å². The minimum Gasteiger partial charge on any atom is -0.494 e. The number of aromatic nitrogens is 4. The van der Waals surface area contributed by atoms with Crippen LogP contribution in [0.25, 0.3) is 10.9 Å². The predicted octanol–water partition coefficient (Wildman–Crippen LogP) is 3.55. The van der Waals surface area contributed by atoms with Gasteiger partial charge >= 0.3 is 0 Å². The van der Waals surface area contributed by atoms with E-state index in [4.69, 9.17) is 16.3 Å². The number of benzene rings is 1. The Morgan fingerprint density at radius 3 is 2.91 bits per heavy atom. The second kappa shape index (κ2) is 6.19. The summed E-state index contributed by atoms with van der Waals surface area (Å²) in [5.41, 5.74) is 1.59. The van der Waals surface area contributed by atoms with Gasteiger partial charge < -0.3 is 10.1 Å². The van der Waals surface area contributed by atoms with Crippen molar-refractivity contribution in [2.45, 2.75) is 13.3 Å². The SMILES string of the molecule is CCCOc1ccc2nc(Cl)nc(Nc3cnn(C)c3)c2c1. The van der Waals surface area contributed by atoms with Crippen molar-refractivity contribution in [1.82, 2.24) is 19.7 Å². The highest BCUT2D eigenvalue weighted by Crippen LogP contribution is 2.28. The van der Waals surface area contributed by atoms with Crippen molar-refractivity contribution in [3.05, 3.63) is 35.9 Å². The van der Waals surface area contributed by atoms with Crippen molar-refractivity contribution < 1.29 is 4.74 Å². The van der Waals surface area contributed by atoms with Crippen LogP contribution in [0.3, 0.4) is 0 Å². The van der Waals surface area contributed by atoms with Crippen LogP contribution in [0.15, 0.2) is 30.6 Å². The molecule has 0 amide bonds. The molecule has 0 aliphatic carbocycles. The minimum atomic E-state index is 0.195. The molecule has 2 heterocycles. The Bertz CT molecular complexity index is 802. The van der Waals surface area contributed by atoms with E-state index < -0.39 is 0 Å². The minimum absolute atomic E-state index is 0.195. The van der Waals surface area contributed by atoms with Gasteiger partial charge in [0.05, 0.1) is 24.0 Å². The fraction of sp³-hybridized carbons (Fsp3) is 0.267. The third kappa shape index (κ3) is 3.12. The molecule has 3 rings (SSSR count). The lowest BCUT2D eigenvalue weighted by Gasteiger charge is -2.10. The summed E-state index contributed by atoms with van der Waals surface area (Å²) >= 11 is 6.00. The molecule has 0 unspecified atom stereocenters. The molecule has 0 saturated carbocycles. The van der Waals surface area contributed by atoms with Gasteiger partial charge in [-0.25, -0.2) is 4.98 Å². The second-order valence-electron chi connectivity index (χ2n) is 4.90. The van der Waals surface area contributed by atoms with Crippen molar-refractivity contribution >= 4 is 34.0 Å². The van der Waals surface area contributed by atoms with Crippen molar-refractivity contribution in [1.29, 1.82) is 0 Å². The summed E-state index contributed by atoms with van der Waals surface area (Å²) < 4.78 is 7.38. The average molecular weight is 318 g/mol. The van der Waals surface area contributed by atoms with E-state index >= 15 is 0 Å². The van der Waals surface area contributed by atoms with E-state index in [1.165, 1.54) is 0 Å². The normalized spacial score (nSPS) is 10.9. The molecule has 22 heavy (non-hydrogen) atoms. The van der Waals surface area contributed by atoms with Gasteiger partial charge in [0.2, 0.25) is 5.28 Å². The lowest BCUT2D eigenvalue weighted by Crippen LogP contribution is -1.99. The number of nitrogens with zero attached hydrogens (tertiary/aromatic N) is 4. The van der Waals surface area contributed by atoms with Gasteiger partial charge in [0.1, 0.15) is 11.6 Å². The van der Waals surface area contributed by atoms with Gasteiger partial charge in [-0.05, 0) is 36.2 Å². The van der Waals surface area contributed by atoms with Crippen molar-refractivity contribution in [3.63, 3.8) is 0 Å². The highest BCUT2D eigenvalue weighted by Gasteiger charge is 2.09. The van der Waals surface area contributed by atoms with E-state index in [1.807, 2.05) is 31.4 Å². The molecule has 2 aromatic heterocycles. The molecule has 0 spiro atoms. The molecule has 0 saturated heterocycles. The van der Waals surface area contributed by atoms with Crippen LogP contribution in [0.5, 0.6) is 5.75 Å². The van der Waals surface area contributed by atoms with Gasteiger partial charge in [0.25, 0.3) is 0 Å².